The molecule has 2 saturated heterocycles. The van der Waals surface area contributed by atoms with Crippen LogP contribution in [0.1, 0.15) is 20.0 Å². The number of nitrogens with zero attached hydrogens (tertiary/aromatic N) is 9. The molecule has 2 fully saturated rings. The van der Waals surface area contributed by atoms with E-state index in [2.05, 4.69) is 66.7 Å². The van der Waals surface area contributed by atoms with Crippen molar-refractivity contribution in [2.24, 2.45) is 0 Å². The Morgan fingerprint density at radius 3 is 1.39 bits per heavy atom. The molecule has 41 heavy (non-hydrogen) atoms. The number of aromatic nitrogens is 8. The van der Waals surface area contributed by atoms with Gasteiger partial charge in [-0.3, -0.25) is 10.2 Å². The van der Waals surface area contributed by atoms with E-state index in [9.17, 15) is 0 Å². The van der Waals surface area contributed by atoms with Gasteiger partial charge < -0.3 is 10.2 Å². The predicted molar refractivity (Wildman–Crippen MR) is 177 cm³/mol. The van der Waals surface area contributed by atoms with Gasteiger partial charge in [-0.25, -0.2) is 8.61 Å². The molecule has 2 aliphatic heterocycles. The van der Waals surface area contributed by atoms with Crippen molar-refractivity contribution in [3.8, 4) is 0 Å². The van der Waals surface area contributed by atoms with Crippen molar-refractivity contribution >= 4 is 93.7 Å². The van der Waals surface area contributed by atoms with Gasteiger partial charge in [-0.05, 0) is 83.1 Å². The Balaban J connectivity index is 0.000000158. The fourth-order valence-corrected chi connectivity index (χ4v) is 8.70. The third-order valence-electron chi connectivity index (χ3n) is 5.15. The van der Waals surface area contributed by atoms with Gasteiger partial charge in [0.05, 0.1) is 26.2 Å². The maximum atomic E-state index is 4.73. The molecule has 20 heteroatoms. The summed E-state index contributed by atoms with van der Waals surface area (Å²) in [5, 5.41) is 35.5. The molecule has 0 atom stereocenters. The van der Waals surface area contributed by atoms with Gasteiger partial charge in [0.25, 0.3) is 0 Å². The van der Waals surface area contributed by atoms with Gasteiger partial charge in [0.2, 0.25) is 0 Å². The van der Waals surface area contributed by atoms with Crippen molar-refractivity contribution in [3.05, 3.63) is 27.9 Å². The largest absolute Gasteiger partial charge is 0.344 e. The van der Waals surface area contributed by atoms with E-state index in [1.165, 1.54) is 35.8 Å². The molecule has 0 amide bonds. The lowest BCUT2D eigenvalue weighted by Gasteiger charge is -2.30. The average molecular weight is 712 g/mol. The van der Waals surface area contributed by atoms with Crippen LogP contribution in [0, 0.1) is 35.6 Å². The van der Waals surface area contributed by atoms with Gasteiger partial charge in [0.1, 0.15) is 20.0 Å². The number of H-pyrrole nitrogens is 2. The van der Waals surface area contributed by atoms with Crippen LogP contribution in [0.25, 0.3) is 0 Å². The third kappa shape index (κ3) is 14.5. The zero-order valence-electron chi connectivity index (χ0n) is 23.5. The maximum Gasteiger partial charge on any atom is 0.189 e. The van der Waals surface area contributed by atoms with Crippen LogP contribution in [0.15, 0.2) is 8.68 Å². The monoisotopic (exact) mass is 711 g/mol. The van der Waals surface area contributed by atoms with Crippen LogP contribution in [0.2, 0.25) is 0 Å². The van der Waals surface area contributed by atoms with Crippen LogP contribution >= 0.6 is 93.7 Å². The topological polar surface area (TPSA) is 135 Å². The molecule has 6 heterocycles. The van der Waals surface area contributed by atoms with Gasteiger partial charge in [0.15, 0.2) is 16.6 Å². The Bertz CT molecular complexity index is 1330. The summed E-state index contributed by atoms with van der Waals surface area (Å²) in [6, 6.07) is 0. The molecule has 0 aliphatic carbocycles. The van der Waals surface area contributed by atoms with Crippen molar-refractivity contribution in [1.29, 1.82) is 0 Å². The van der Waals surface area contributed by atoms with E-state index < -0.39 is 0 Å². The molecule has 6 rings (SSSR count). The molecule has 0 bridgehead atoms. The summed E-state index contributed by atoms with van der Waals surface area (Å²) in [4.78, 5) is 2.35. The molecule has 0 spiro atoms. The highest BCUT2D eigenvalue weighted by atomic mass is 32.2. The minimum Gasteiger partial charge on any atom is -0.344 e. The first-order valence-electron chi connectivity index (χ1n) is 12.7. The van der Waals surface area contributed by atoms with Crippen molar-refractivity contribution in [3.63, 3.8) is 0 Å². The van der Waals surface area contributed by atoms with Gasteiger partial charge in [-0.2, -0.15) is 10.2 Å². The molecule has 0 aromatic carbocycles. The lowest BCUT2D eigenvalue weighted by atomic mass is 10.4. The van der Waals surface area contributed by atoms with Crippen LogP contribution in [0.3, 0.4) is 0 Å². The summed E-state index contributed by atoms with van der Waals surface area (Å²) in [7, 11) is 2.16. The summed E-state index contributed by atoms with van der Waals surface area (Å²) < 4.78 is 8.35. The SMILES string of the molecule is Cc1n[nH]c(=S)s1.Cc1n[nH]c(=S)s1.Cc1nnc(SN2CCN(C)CC2)s1.Cc1nnc(SN2CC[NH2+]CC2)s1. The number of aromatic amines is 2. The van der Waals surface area contributed by atoms with Crippen molar-refractivity contribution in [2.45, 2.75) is 36.4 Å². The van der Waals surface area contributed by atoms with Crippen molar-refractivity contribution in [1.82, 2.24) is 54.3 Å². The number of likely N-dealkylation sites (N-methyl/N-ethyl adjacent to an activating group) is 1. The summed E-state index contributed by atoms with van der Waals surface area (Å²) in [5.41, 5.74) is 0. The van der Waals surface area contributed by atoms with Crippen LogP contribution < -0.4 is 5.32 Å². The van der Waals surface area contributed by atoms with Crippen LogP contribution in [0.4, 0.5) is 0 Å². The first-order valence-corrected chi connectivity index (χ1v) is 18.3. The van der Waals surface area contributed by atoms with Crippen molar-refractivity contribution < 1.29 is 5.32 Å². The van der Waals surface area contributed by atoms with Gasteiger partial charge >= 0.3 is 0 Å². The second kappa shape index (κ2) is 18.8. The quantitative estimate of drug-likeness (QED) is 0.209. The van der Waals surface area contributed by atoms with E-state index in [-0.39, 0.29) is 0 Å². The number of hydrogen-bond donors (Lipinski definition) is 3. The smallest absolute Gasteiger partial charge is 0.189 e. The molecular formula is C21H35N12S8+. The standard InChI is InChI=1S/C8H14N4S2.C7H12N4S2.2C3H4N2S2/c1-7-9-10-8(13-7)14-12-5-3-11(2)4-6-12;1-6-9-10-7(12-6)13-11-4-2-8-3-5-11;2*1-2-4-5-3(6)7-2/h3-6H2,1-2H3;8H,2-5H2,1H3;2*1H3,(H,5,6)/p+1. The Hall–Kier alpha value is -0.780. The fourth-order valence-electron chi connectivity index (χ4n) is 3.16. The zero-order valence-corrected chi connectivity index (χ0v) is 30.1. The number of quaternary nitrogens is 1. The number of nitrogens with one attached hydrogen (secondary N) is 2. The number of piperazine rings is 2. The van der Waals surface area contributed by atoms with E-state index in [0.717, 1.165) is 75.9 Å². The van der Waals surface area contributed by atoms with E-state index >= 15 is 0 Å². The molecular weight excluding hydrogens is 677 g/mol. The van der Waals surface area contributed by atoms with E-state index in [0.29, 0.717) is 0 Å². The molecule has 0 unspecified atom stereocenters. The predicted octanol–water partition coefficient (Wildman–Crippen LogP) is 3.85. The summed E-state index contributed by atoms with van der Waals surface area (Å²) >= 11 is 19.3. The number of nitrogens with two attached hydrogens (primary N) is 1. The normalized spacial score (nSPS) is 16.1. The Morgan fingerprint density at radius 2 is 1.07 bits per heavy atom. The highest BCUT2D eigenvalue weighted by molar-refractivity contribution is 7.99. The minimum atomic E-state index is 0.748. The van der Waals surface area contributed by atoms with Gasteiger partial charge in [-0.1, -0.05) is 45.3 Å². The highest BCUT2D eigenvalue weighted by Gasteiger charge is 2.16. The first-order chi connectivity index (χ1) is 19.7. The fraction of sp³-hybridized carbons (Fsp3) is 0.619. The van der Waals surface area contributed by atoms with E-state index in [4.69, 9.17) is 24.4 Å². The Kier molecular flexibility index (Phi) is 15.9. The van der Waals surface area contributed by atoms with Crippen molar-refractivity contribution in [2.75, 3.05) is 59.4 Å². The highest BCUT2D eigenvalue weighted by Crippen LogP contribution is 2.26. The molecule has 0 saturated carbocycles. The molecule has 4 N–H and O–H groups in total. The molecule has 2 aliphatic rings. The lowest BCUT2D eigenvalue weighted by Crippen LogP contribution is -2.89. The van der Waals surface area contributed by atoms with E-state index in [1.807, 2.05) is 27.7 Å². The van der Waals surface area contributed by atoms with Crippen LogP contribution in [-0.4, -0.2) is 114 Å². The number of hydrogen-bond acceptors (Lipinski definition) is 17. The second-order valence-corrected chi connectivity index (χ2v) is 17.4. The molecule has 4 aromatic heterocycles. The summed E-state index contributed by atoms with van der Waals surface area (Å²) in [5.74, 6) is 0. The molecule has 4 aromatic rings. The van der Waals surface area contributed by atoms with Crippen LogP contribution in [-0.2, 0) is 0 Å². The Morgan fingerprint density at radius 1 is 0.634 bits per heavy atom. The zero-order chi connectivity index (χ0) is 29.6. The molecule has 12 nitrogen and oxygen atoms in total. The third-order valence-corrected chi connectivity index (χ3v) is 11.1. The number of rotatable bonds is 4. The summed E-state index contributed by atoms with van der Waals surface area (Å²) in [6.45, 7) is 17.0. The maximum absolute atomic E-state index is 4.73. The summed E-state index contributed by atoms with van der Waals surface area (Å²) in [6.07, 6.45) is 0. The van der Waals surface area contributed by atoms with Gasteiger partial charge in [-0.15, -0.1) is 20.4 Å². The average Bonchev–Trinajstić information content (AvgIpc) is 3.74. The Labute approximate surface area is 275 Å². The molecule has 226 valence electrons. The minimum absolute atomic E-state index is 0.748. The second-order valence-electron chi connectivity index (χ2n) is 8.65. The van der Waals surface area contributed by atoms with Crippen LogP contribution in [0.5, 0.6) is 0 Å². The molecule has 0 radical (unpaired) electrons. The van der Waals surface area contributed by atoms with E-state index in [1.54, 1.807) is 46.6 Å². The number of aryl methyl sites for hydroxylation is 4. The lowest BCUT2D eigenvalue weighted by molar-refractivity contribution is -0.661. The first kappa shape index (κ1) is 34.7. The van der Waals surface area contributed by atoms with Gasteiger partial charge in [0, 0.05) is 26.2 Å².